The van der Waals surface area contributed by atoms with Gasteiger partial charge in [0, 0.05) is 31.5 Å². The van der Waals surface area contributed by atoms with Gasteiger partial charge in [0.25, 0.3) is 0 Å². The molecule has 1 saturated carbocycles. The van der Waals surface area contributed by atoms with Gasteiger partial charge in [-0.15, -0.1) is 0 Å². The number of likely N-dealkylation sites (tertiary alicyclic amines) is 1. The van der Waals surface area contributed by atoms with Crippen LogP contribution in [0.2, 0.25) is 0 Å². The summed E-state index contributed by atoms with van der Waals surface area (Å²) in [7, 11) is 0. The molecule has 2 fully saturated rings. The van der Waals surface area contributed by atoms with E-state index >= 15 is 0 Å². The number of carbonyl (C=O) groups excluding carboxylic acids is 2. The molecule has 184 valence electrons. The summed E-state index contributed by atoms with van der Waals surface area (Å²) in [5.74, 6) is -0.819. The lowest BCUT2D eigenvalue weighted by Crippen LogP contribution is -2.48. The summed E-state index contributed by atoms with van der Waals surface area (Å²) in [6, 6.07) is 16.2. The molecule has 2 N–H and O–H groups in total. The van der Waals surface area contributed by atoms with Crippen molar-refractivity contribution in [3.63, 3.8) is 0 Å². The molecule has 5 rings (SSSR count). The van der Waals surface area contributed by atoms with Crippen LogP contribution in [0.15, 0.2) is 48.5 Å². The Morgan fingerprint density at radius 3 is 2.17 bits per heavy atom. The van der Waals surface area contributed by atoms with Gasteiger partial charge in [0.2, 0.25) is 5.91 Å². The molecule has 0 radical (unpaired) electrons. The Bertz CT molecular complexity index is 1060. The minimum Gasteiger partial charge on any atom is -0.481 e. The van der Waals surface area contributed by atoms with E-state index < -0.39 is 12.1 Å². The number of ether oxygens (including phenoxy) is 1. The van der Waals surface area contributed by atoms with Crippen LogP contribution >= 0.6 is 0 Å². The van der Waals surface area contributed by atoms with Gasteiger partial charge in [-0.05, 0) is 53.9 Å². The molecular formula is C28H32N2O5. The summed E-state index contributed by atoms with van der Waals surface area (Å²) < 4.78 is 5.70. The monoisotopic (exact) mass is 476 g/mol. The number of nitrogens with zero attached hydrogens (tertiary/aromatic N) is 1. The van der Waals surface area contributed by atoms with E-state index in [1.165, 1.54) is 22.3 Å². The second-order valence-electron chi connectivity index (χ2n) is 9.98. The van der Waals surface area contributed by atoms with Crippen molar-refractivity contribution in [1.82, 2.24) is 10.2 Å². The lowest BCUT2D eigenvalue weighted by molar-refractivity contribution is -0.139. The van der Waals surface area contributed by atoms with Crippen LogP contribution in [0.5, 0.6) is 0 Å². The minimum atomic E-state index is -0.780. The SMILES string of the molecule is O=C(O)CC1CCN(C(=O)[C@@H]2CCC[C@@H]2NC(=O)OCC2c3ccccc3-c3ccccc32)CC1. The predicted octanol–water partition coefficient (Wildman–Crippen LogP) is 4.41. The third kappa shape index (κ3) is 4.90. The van der Waals surface area contributed by atoms with E-state index in [2.05, 4.69) is 29.6 Å². The Morgan fingerprint density at radius 2 is 1.54 bits per heavy atom. The summed E-state index contributed by atoms with van der Waals surface area (Å²) in [6.45, 7) is 1.43. The molecule has 1 heterocycles. The van der Waals surface area contributed by atoms with E-state index in [1.807, 2.05) is 29.2 Å². The molecule has 0 bridgehead atoms. The van der Waals surface area contributed by atoms with Crippen molar-refractivity contribution in [2.75, 3.05) is 19.7 Å². The molecule has 35 heavy (non-hydrogen) atoms. The van der Waals surface area contributed by atoms with Crippen LogP contribution in [0.3, 0.4) is 0 Å². The van der Waals surface area contributed by atoms with Gasteiger partial charge in [-0.2, -0.15) is 0 Å². The zero-order valence-electron chi connectivity index (χ0n) is 19.8. The predicted molar refractivity (Wildman–Crippen MR) is 131 cm³/mol. The van der Waals surface area contributed by atoms with Crippen LogP contribution in [0, 0.1) is 11.8 Å². The molecule has 2 atom stereocenters. The highest BCUT2D eigenvalue weighted by atomic mass is 16.5. The van der Waals surface area contributed by atoms with Crippen molar-refractivity contribution in [3.05, 3.63) is 59.7 Å². The molecule has 7 nitrogen and oxygen atoms in total. The molecule has 3 aliphatic rings. The van der Waals surface area contributed by atoms with E-state index in [-0.39, 0.29) is 42.7 Å². The average molecular weight is 477 g/mol. The lowest BCUT2D eigenvalue weighted by atomic mass is 9.92. The molecule has 0 unspecified atom stereocenters. The Kier molecular flexibility index (Phi) is 6.75. The third-order valence-corrected chi connectivity index (χ3v) is 7.87. The summed E-state index contributed by atoms with van der Waals surface area (Å²) in [5.41, 5.74) is 4.71. The van der Waals surface area contributed by atoms with Crippen LogP contribution in [0.25, 0.3) is 11.1 Å². The van der Waals surface area contributed by atoms with Gasteiger partial charge in [0.1, 0.15) is 6.61 Å². The van der Waals surface area contributed by atoms with Gasteiger partial charge in [-0.25, -0.2) is 4.79 Å². The average Bonchev–Trinajstić information content (AvgIpc) is 3.45. The van der Waals surface area contributed by atoms with E-state index in [9.17, 15) is 14.4 Å². The Hall–Kier alpha value is -3.35. The number of hydrogen-bond acceptors (Lipinski definition) is 4. The normalized spacial score (nSPS) is 21.9. The molecule has 0 spiro atoms. The number of rotatable bonds is 6. The first kappa shape index (κ1) is 23.4. The highest BCUT2D eigenvalue weighted by Crippen LogP contribution is 2.44. The quantitative estimate of drug-likeness (QED) is 0.644. The fraction of sp³-hybridized carbons (Fsp3) is 0.464. The first-order valence-corrected chi connectivity index (χ1v) is 12.6. The molecule has 2 aromatic rings. The van der Waals surface area contributed by atoms with Crippen LogP contribution < -0.4 is 5.32 Å². The fourth-order valence-corrected chi connectivity index (χ4v) is 6.06. The molecule has 7 heteroatoms. The number of carbonyl (C=O) groups is 3. The van der Waals surface area contributed by atoms with Gasteiger partial charge in [0.05, 0.1) is 5.92 Å². The second-order valence-corrected chi connectivity index (χ2v) is 9.98. The van der Waals surface area contributed by atoms with Crippen molar-refractivity contribution in [1.29, 1.82) is 0 Å². The largest absolute Gasteiger partial charge is 0.481 e. The maximum atomic E-state index is 13.2. The van der Waals surface area contributed by atoms with Crippen LogP contribution in [0.4, 0.5) is 4.79 Å². The Labute approximate surface area is 205 Å². The molecule has 1 saturated heterocycles. The van der Waals surface area contributed by atoms with Crippen LogP contribution in [-0.4, -0.2) is 53.7 Å². The van der Waals surface area contributed by atoms with Crippen molar-refractivity contribution in [3.8, 4) is 11.1 Å². The van der Waals surface area contributed by atoms with Gasteiger partial charge in [-0.3, -0.25) is 9.59 Å². The van der Waals surface area contributed by atoms with Crippen LogP contribution in [-0.2, 0) is 14.3 Å². The highest BCUT2D eigenvalue weighted by Gasteiger charge is 2.38. The van der Waals surface area contributed by atoms with Gasteiger partial charge in [-0.1, -0.05) is 55.0 Å². The van der Waals surface area contributed by atoms with Crippen molar-refractivity contribution >= 4 is 18.0 Å². The van der Waals surface area contributed by atoms with Gasteiger partial charge < -0.3 is 20.1 Å². The Balaban J connectivity index is 1.16. The standard InChI is InChI=1S/C28H32N2O5/c31-26(32)16-18-12-14-30(15-13-18)27(33)23-10-5-11-25(23)29-28(34)35-17-24-21-8-3-1-6-19(21)20-7-2-4-9-22(20)24/h1-4,6-9,18,23-25H,5,10-17H2,(H,29,34)(H,31,32)/t23-,25+/m1/s1. The zero-order valence-corrected chi connectivity index (χ0v) is 19.8. The fourth-order valence-electron chi connectivity index (χ4n) is 6.06. The number of hydrogen-bond donors (Lipinski definition) is 2. The maximum absolute atomic E-state index is 13.2. The summed E-state index contributed by atoms with van der Waals surface area (Å²) >= 11 is 0. The summed E-state index contributed by atoms with van der Waals surface area (Å²) in [5, 5.41) is 12.0. The highest BCUT2D eigenvalue weighted by molar-refractivity contribution is 5.81. The van der Waals surface area contributed by atoms with Crippen molar-refractivity contribution in [2.45, 2.75) is 50.5 Å². The minimum absolute atomic E-state index is 0.00116. The number of aliphatic carboxylic acids is 1. The second kappa shape index (κ2) is 10.1. The molecule has 2 aliphatic carbocycles. The maximum Gasteiger partial charge on any atom is 0.407 e. The molecule has 1 aliphatic heterocycles. The zero-order chi connectivity index (χ0) is 24.4. The van der Waals surface area contributed by atoms with E-state index in [4.69, 9.17) is 9.84 Å². The number of amides is 2. The number of benzene rings is 2. The first-order valence-electron chi connectivity index (χ1n) is 12.6. The number of piperidine rings is 1. The number of carboxylic acids is 1. The summed E-state index contributed by atoms with van der Waals surface area (Å²) in [4.78, 5) is 38.7. The number of fused-ring (bicyclic) bond motifs is 3. The third-order valence-electron chi connectivity index (χ3n) is 7.87. The number of nitrogens with one attached hydrogen (secondary N) is 1. The topological polar surface area (TPSA) is 95.9 Å². The first-order chi connectivity index (χ1) is 17.0. The Morgan fingerprint density at radius 1 is 0.914 bits per heavy atom. The summed E-state index contributed by atoms with van der Waals surface area (Å²) in [6.07, 6.45) is 3.53. The number of carboxylic acid groups (broad SMARTS) is 1. The van der Waals surface area contributed by atoms with E-state index in [0.717, 1.165) is 32.1 Å². The molecule has 2 amide bonds. The van der Waals surface area contributed by atoms with E-state index in [1.54, 1.807) is 0 Å². The van der Waals surface area contributed by atoms with Gasteiger partial charge in [0.15, 0.2) is 0 Å². The molecule has 0 aromatic heterocycles. The molecular weight excluding hydrogens is 444 g/mol. The smallest absolute Gasteiger partial charge is 0.407 e. The van der Waals surface area contributed by atoms with Crippen molar-refractivity contribution < 1.29 is 24.2 Å². The lowest BCUT2D eigenvalue weighted by Gasteiger charge is -2.34. The van der Waals surface area contributed by atoms with Gasteiger partial charge >= 0.3 is 12.1 Å². The molecule has 2 aromatic carbocycles. The van der Waals surface area contributed by atoms with Crippen molar-refractivity contribution in [2.24, 2.45) is 11.8 Å². The van der Waals surface area contributed by atoms with Crippen LogP contribution in [0.1, 0.15) is 55.6 Å². The van der Waals surface area contributed by atoms with E-state index in [0.29, 0.717) is 13.1 Å². The number of alkyl carbamates (subject to hydrolysis) is 1.